The highest BCUT2D eigenvalue weighted by atomic mass is 16.5. The van der Waals surface area contributed by atoms with Crippen LogP contribution in [0.25, 0.3) is 6.08 Å². The maximum absolute atomic E-state index is 11.9. The molecule has 0 aliphatic rings. The Morgan fingerprint density at radius 3 is 2.15 bits per heavy atom. The van der Waals surface area contributed by atoms with Gasteiger partial charge in [0.2, 0.25) is 5.91 Å². The first-order chi connectivity index (χ1) is 12.6. The van der Waals surface area contributed by atoms with Gasteiger partial charge in [0.1, 0.15) is 11.5 Å². The second-order valence-electron chi connectivity index (χ2n) is 5.39. The van der Waals surface area contributed by atoms with E-state index in [9.17, 15) is 9.59 Å². The van der Waals surface area contributed by atoms with Gasteiger partial charge in [0, 0.05) is 30.8 Å². The van der Waals surface area contributed by atoms with Gasteiger partial charge < -0.3 is 20.1 Å². The zero-order valence-electron chi connectivity index (χ0n) is 14.8. The molecule has 2 rings (SSSR count). The lowest BCUT2D eigenvalue weighted by molar-refractivity contribution is -0.116. The largest absolute Gasteiger partial charge is 0.497 e. The van der Waals surface area contributed by atoms with Crippen molar-refractivity contribution in [3.05, 3.63) is 65.7 Å². The summed E-state index contributed by atoms with van der Waals surface area (Å²) in [6.45, 7) is 0.684. The Balaban J connectivity index is 1.78. The highest BCUT2D eigenvalue weighted by molar-refractivity contribution is 5.94. The molecule has 0 aromatic heterocycles. The van der Waals surface area contributed by atoms with Crippen molar-refractivity contribution in [3.8, 4) is 11.5 Å². The molecule has 0 atom stereocenters. The van der Waals surface area contributed by atoms with E-state index in [2.05, 4.69) is 10.6 Å². The van der Waals surface area contributed by atoms with Gasteiger partial charge in [0.05, 0.1) is 14.2 Å². The maximum atomic E-state index is 11.9. The van der Waals surface area contributed by atoms with Crippen LogP contribution in [-0.4, -0.2) is 39.1 Å². The van der Waals surface area contributed by atoms with Crippen LogP contribution in [0.4, 0.5) is 0 Å². The molecule has 26 heavy (non-hydrogen) atoms. The minimum atomic E-state index is -0.249. The average molecular weight is 354 g/mol. The number of hydrogen-bond acceptors (Lipinski definition) is 4. The third-order valence-corrected chi connectivity index (χ3v) is 3.55. The smallest absolute Gasteiger partial charge is 0.251 e. The van der Waals surface area contributed by atoms with Crippen molar-refractivity contribution >= 4 is 17.9 Å². The van der Waals surface area contributed by atoms with Crippen LogP contribution < -0.4 is 20.1 Å². The fourth-order valence-corrected chi connectivity index (χ4v) is 2.21. The van der Waals surface area contributed by atoms with E-state index in [-0.39, 0.29) is 11.8 Å². The fourth-order valence-electron chi connectivity index (χ4n) is 2.21. The van der Waals surface area contributed by atoms with Crippen molar-refractivity contribution in [2.45, 2.75) is 0 Å². The second kappa shape index (κ2) is 9.88. The Hall–Kier alpha value is -3.28. The van der Waals surface area contributed by atoms with Gasteiger partial charge in [-0.3, -0.25) is 9.59 Å². The lowest BCUT2D eigenvalue weighted by atomic mass is 10.2. The molecule has 0 bridgehead atoms. The summed E-state index contributed by atoms with van der Waals surface area (Å²) in [5, 5.41) is 5.46. The van der Waals surface area contributed by atoms with Gasteiger partial charge in [-0.15, -0.1) is 0 Å². The molecular formula is C20H22N2O4. The summed E-state index contributed by atoms with van der Waals surface area (Å²) in [7, 11) is 3.14. The molecule has 0 fully saturated rings. The molecule has 6 nitrogen and oxygen atoms in total. The van der Waals surface area contributed by atoms with Crippen molar-refractivity contribution in [1.29, 1.82) is 0 Å². The third kappa shape index (κ3) is 5.98. The number of carbonyl (C=O) groups excluding carboxylic acids is 2. The predicted octanol–water partition coefficient (Wildman–Crippen LogP) is 2.26. The maximum Gasteiger partial charge on any atom is 0.251 e. The number of nitrogens with one attached hydrogen (secondary N) is 2. The Bertz CT molecular complexity index is 750. The fraction of sp³-hybridized carbons (Fsp3) is 0.200. The number of ether oxygens (including phenoxy) is 2. The zero-order chi connectivity index (χ0) is 18.8. The Morgan fingerprint density at radius 1 is 0.923 bits per heavy atom. The minimum Gasteiger partial charge on any atom is -0.497 e. The molecule has 2 aromatic rings. The van der Waals surface area contributed by atoms with Crippen LogP contribution in [0.3, 0.4) is 0 Å². The average Bonchev–Trinajstić information content (AvgIpc) is 2.69. The zero-order valence-corrected chi connectivity index (χ0v) is 14.8. The highest BCUT2D eigenvalue weighted by Crippen LogP contribution is 2.23. The molecule has 0 saturated carbocycles. The summed E-state index contributed by atoms with van der Waals surface area (Å²) >= 11 is 0. The van der Waals surface area contributed by atoms with Crippen molar-refractivity contribution < 1.29 is 19.1 Å². The summed E-state index contributed by atoms with van der Waals surface area (Å²) in [6, 6.07) is 14.3. The standard InChI is InChI=1S/C20H22N2O4/c1-25-17-12-15(13-18(14-17)26-2)8-9-19(23)21-10-11-22-20(24)16-6-4-3-5-7-16/h3-9,12-14H,10-11H2,1-2H3,(H,21,23)(H,22,24)/b9-8-. The van der Waals surface area contributed by atoms with Crippen LogP contribution in [0.1, 0.15) is 15.9 Å². The van der Waals surface area contributed by atoms with E-state index in [0.29, 0.717) is 30.2 Å². The van der Waals surface area contributed by atoms with Crippen LogP contribution in [-0.2, 0) is 4.79 Å². The van der Waals surface area contributed by atoms with E-state index in [0.717, 1.165) is 5.56 Å². The molecule has 2 N–H and O–H groups in total. The van der Waals surface area contributed by atoms with E-state index in [4.69, 9.17) is 9.47 Å². The van der Waals surface area contributed by atoms with Gasteiger partial charge in [-0.1, -0.05) is 18.2 Å². The van der Waals surface area contributed by atoms with Crippen molar-refractivity contribution in [3.63, 3.8) is 0 Å². The SMILES string of the molecule is COc1cc(/C=C\C(=O)NCCNC(=O)c2ccccc2)cc(OC)c1. The summed E-state index contributed by atoms with van der Waals surface area (Å²) in [6.07, 6.45) is 3.09. The summed E-state index contributed by atoms with van der Waals surface area (Å²) in [5.74, 6) is 0.876. The molecule has 2 amide bonds. The second-order valence-corrected chi connectivity index (χ2v) is 5.39. The molecule has 0 aliphatic heterocycles. The monoisotopic (exact) mass is 354 g/mol. The van der Waals surface area contributed by atoms with Crippen molar-refractivity contribution in [2.24, 2.45) is 0 Å². The third-order valence-electron chi connectivity index (χ3n) is 3.55. The number of methoxy groups -OCH3 is 2. The summed E-state index contributed by atoms with van der Waals surface area (Å²) in [4.78, 5) is 23.7. The minimum absolute atomic E-state index is 0.168. The first-order valence-corrected chi connectivity index (χ1v) is 8.14. The topological polar surface area (TPSA) is 76.7 Å². The van der Waals surface area contributed by atoms with E-state index < -0.39 is 0 Å². The van der Waals surface area contributed by atoms with Gasteiger partial charge >= 0.3 is 0 Å². The normalized spacial score (nSPS) is 10.4. The highest BCUT2D eigenvalue weighted by Gasteiger charge is 2.03. The molecule has 136 valence electrons. The van der Waals surface area contributed by atoms with Gasteiger partial charge in [0.15, 0.2) is 0 Å². The molecular weight excluding hydrogens is 332 g/mol. The van der Waals surface area contributed by atoms with Gasteiger partial charge in [-0.25, -0.2) is 0 Å². The molecule has 2 aromatic carbocycles. The van der Waals surface area contributed by atoms with Gasteiger partial charge in [-0.05, 0) is 35.9 Å². The molecule has 0 spiro atoms. The number of hydrogen-bond donors (Lipinski definition) is 2. The van der Waals surface area contributed by atoms with Crippen LogP contribution in [0.15, 0.2) is 54.6 Å². The Morgan fingerprint density at radius 2 is 1.54 bits per heavy atom. The predicted molar refractivity (Wildman–Crippen MR) is 100 cm³/mol. The summed E-state index contributed by atoms with van der Waals surface area (Å²) in [5.41, 5.74) is 1.37. The van der Waals surface area contributed by atoms with Gasteiger partial charge in [0.25, 0.3) is 5.91 Å². The van der Waals surface area contributed by atoms with Crippen LogP contribution in [0.2, 0.25) is 0 Å². The Kier molecular flexibility index (Phi) is 7.24. The first-order valence-electron chi connectivity index (χ1n) is 8.14. The van der Waals surface area contributed by atoms with Crippen LogP contribution in [0, 0.1) is 0 Å². The quantitative estimate of drug-likeness (QED) is 0.563. The molecule has 0 unspecified atom stereocenters. The van der Waals surface area contributed by atoms with Crippen molar-refractivity contribution in [1.82, 2.24) is 10.6 Å². The lowest BCUT2D eigenvalue weighted by Gasteiger charge is -2.06. The number of benzene rings is 2. The van der Waals surface area contributed by atoms with Gasteiger partial charge in [-0.2, -0.15) is 0 Å². The number of amides is 2. The molecule has 0 radical (unpaired) electrons. The molecule has 0 heterocycles. The van der Waals surface area contributed by atoms with E-state index >= 15 is 0 Å². The van der Waals surface area contributed by atoms with Crippen LogP contribution >= 0.6 is 0 Å². The lowest BCUT2D eigenvalue weighted by Crippen LogP contribution is -2.33. The van der Waals surface area contributed by atoms with Crippen molar-refractivity contribution in [2.75, 3.05) is 27.3 Å². The van der Waals surface area contributed by atoms with Crippen LogP contribution in [0.5, 0.6) is 11.5 Å². The molecule has 0 saturated heterocycles. The van der Waals surface area contributed by atoms with E-state index in [1.807, 2.05) is 6.07 Å². The number of rotatable bonds is 8. The first kappa shape index (κ1) is 19.1. The molecule has 0 aliphatic carbocycles. The van der Waals surface area contributed by atoms with E-state index in [1.165, 1.54) is 6.08 Å². The Labute approximate surface area is 152 Å². The number of carbonyl (C=O) groups is 2. The molecule has 6 heteroatoms. The van der Waals surface area contributed by atoms with E-state index in [1.54, 1.807) is 62.8 Å². The summed E-state index contributed by atoms with van der Waals surface area (Å²) < 4.78 is 10.4.